The summed E-state index contributed by atoms with van der Waals surface area (Å²) in [5.74, 6) is 0.711. The first-order chi connectivity index (χ1) is 3.77. The minimum absolute atomic E-state index is 0.520. The molecule has 0 saturated carbocycles. The van der Waals surface area contributed by atoms with Crippen molar-refractivity contribution in [3.63, 3.8) is 0 Å². The van der Waals surface area contributed by atoms with Crippen molar-refractivity contribution in [3.05, 3.63) is 24.6 Å². The SMILES string of the molecule is C=C(C)OCC=CN. The molecule has 0 unspecified atom stereocenters. The monoisotopic (exact) mass is 113 g/mol. The van der Waals surface area contributed by atoms with Crippen LogP contribution < -0.4 is 5.73 Å². The Balaban J connectivity index is 3.05. The first kappa shape index (κ1) is 7.08. The van der Waals surface area contributed by atoms with Crippen molar-refractivity contribution in [2.45, 2.75) is 6.92 Å². The fourth-order valence-corrected chi connectivity index (χ4v) is 0.246. The number of hydrogen-bond donors (Lipinski definition) is 1. The lowest BCUT2D eigenvalue weighted by Crippen LogP contribution is -1.87. The summed E-state index contributed by atoms with van der Waals surface area (Å²) in [6.45, 7) is 5.85. The molecular formula is C6H11NO. The van der Waals surface area contributed by atoms with Gasteiger partial charge >= 0.3 is 0 Å². The summed E-state index contributed by atoms with van der Waals surface area (Å²) in [6, 6.07) is 0. The third-order valence-corrected chi connectivity index (χ3v) is 0.562. The van der Waals surface area contributed by atoms with E-state index in [4.69, 9.17) is 10.5 Å². The second-order valence-corrected chi connectivity index (χ2v) is 1.44. The number of nitrogens with two attached hydrogens (primary N) is 1. The van der Waals surface area contributed by atoms with Gasteiger partial charge in [-0.25, -0.2) is 0 Å². The quantitative estimate of drug-likeness (QED) is 0.554. The van der Waals surface area contributed by atoms with Crippen molar-refractivity contribution in [1.29, 1.82) is 0 Å². The van der Waals surface area contributed by atoms with Gasteiger partial charge in [0.2, 0.25) is 0 Å². The van der Waals surface area contributed by atoms with Crippen molar-refractivity contribution >= 4 is 0 Å². The highest BCUT2D eigenvalue weighted by Crippen LogP contribution is 1.87. The molecule has 0 heterocycles. The molecule has 0 aromatic carbocycles. The molecule has 0 saturated heterocycles. The molecule has 0 aliphatic rings. The minimum atomic E-state index is 0.520. The van der Waals surface area contributed by atoms with Crippen LogP contribution in [0.25, 0.3) is 0 Å². The van der Waals surface area contributed by atoms with Crippen molar-refractivity contribution in [1.82, 2.24) is 0 Å². The summed E-state index contributed by atoms with van der Waals surface area (Å²) in [6.07, 6.45) is 3.16. The molecule has 0 spiro atoms. The van der Waals surface area contributed by atoms with Gasteiger partial charge in [-0.1, -0.05) is 6.58 Å². The van der Waals surface area contributed by atoms with Gasteiger partial charge in [0.15, 0.2) is 0 Å². The van der Waals surface area contributed by atoms with Gasteiger partial charge in [0.25, 0.3) is 0 Å². The maximum Gasteiger partial charge on any atom is 0.108 e. The summed E-state index contributed by atoms with van der Waals surface area (Å²) in [5, 5.41) is 0. The Kier molecular flexibility index (Phi) is 3.76. The van der Waals surface area contributed by atoms with Gasteiger partial charge in [0, 0.05) is 0 Å². The molecule has 0 aromatic heterocycles. The third-order valence-electron chi connectivity index (χ3n) is 0.562. The van der Waals surface area contributed by atoms with Gasteiger partial charge in [-0.2, -0.15) is 0 Å². The predicted octanol–water partition coefficient (Wildman–Crippen LogP) is 1.01. The number of rotatable bonds is 3. The van der Waals surface area contributed by atoms with Crippen LogP contribution in [0.4, 0.5) is 0 Å². The van der Waals surface area contributed by atoms with E-state index >= 15 is 0 Å². The van der Waals surface area contributed by atoms with E-state index in [2.05, 4.69) is 6.58 Å². The lowest BCUT2D eigenvalue weighted by molar-refractivity contribution is 0.251. The van der Waals surface area contributed by atoms with E-state index in [9.17, 15) is 0 Å². The molecule has 0 aromatic rings. The first-order valence-electron chi connectivity index (χ1n) is 2.42. The zero-order chi connectivity index (χ0) is 6.41. The molecule has 0 rings (SSSR count). The van der Waals surface area contributed by atoms with Crippen molar-refractivity contribution in [2.75, 3.05) is 6.61 Å². The van der Waals surface area contributed by atoms with Crippen LogP contribution in [0, 0.1) is 0 Å². The Labute approximate surface area is 49.6 Å². The van der Waals surface area contributed by atoms with Gasteiger partial charge in [-0.05, 0) is 19.2 Å². The van der Waals surface area contributed by atoms with E-state index in [1.807, 2.05) is 0 Å². The largest absolute Gasteiger partial charge is 0.495 e. The van der Waals surface area contributed by atoms with E-state index in [0.29, 0.717) is 12.4 Å². The normalized spacial score (nSPS) is 9.62. The molecule has 2 N–H and O–H groups in total. The molecule has 46 valence electrons. The maximum absolute atomic E-state index is 5.02. The molecule has 0 fully saturated rings. The summed E-state index contributed by atoms with van der Waals surface area (Å²) in [5.41, 5.74) is 5.02. The molecule has 2 heteroatoms. The molecule has 0 aliphatic heterocycles. The van der Waals surface area contributed by atoms with Crippen molar-refractivity contribution in [2.24, 2.45) is 5.73 Å². The van der Waals surface area contributed by atoms with Crippen LogP contribution in [0.2, 0.25) is 0 Å². The highest BCUT2D eigenvalue weighted by molar-refractivity contribution is 4.80. The lowest BCUT2D eigenvalue weighted by atomic mass is 10.6. The molecular weight excluding hydrogens is 102 g/mol. The summed E-state index contributed by atoms with van der Waals surface area (Å²) in [7, 11) is 0. The fourth-order valence-electron chi connectivity index (χ4n) is 0.246. The highest BCUT2D eigenvalue weighted by Gasteiger charge is 1.76. The van der Waals surface area contributed by atoms with Crippen molar-refractivity contribution in [3.8, 4) is 0 Å². The number of ether oxygens (including phenoxy) is 1. The van der Waals surface area contributed by atoms with Crippen LogP contribution in [0.3, 0.4) is 0 Å². The Morgan fingerprint density at radius 1 is 1.88 bits per heavy atom. The highest BCUT2D eigenvalue weighted by atomic mass is 16.5. The van der Waals surface area contributed by atoms with Crippen LogP contribution >= 0.6 is 0 Å². The van der Waals surface area contributed by atoms with Gasteiger partial charge in [-0.3, -0.25) is 0 Å². The maximum atomic E-state index is 5.02. The van der Waals surface area contributed by atoms with E-state index in [1.54, 1.807) is 13.0 Å². The molecule has 2 nitrogen and oxygen atoms in total. The Bertz CT molecular complexity index is 96.7. The zero-order valence-corrected chi connectivity index (χ0v) is 5.05. The predicted molar refractivity (Wildman–Crippen MR) is 34.1 cm³/mol. The third kappa shape index (κ3) is 5.08. The first-order valence-corrected chi connectivity index (χ1v) is 2.42. The van der Waals surface area contributed by atoms with Gasteiger partial charge in [0.05, 0.1) is 5.76 Å². The average Bonchev–Trinajstić information content (AvgIpc) is 1.66. The average molecular weight is 113 g/mol. The molecule has 0 aliphatic carbocycles. The van der Waals surface area contributed by atoms with Crippen LogP contribution in [0.1, 0.15) is 6.92 Å². The van der Waals surface area contributed by atoms with Crippen LogP contribution in [-0.4, -0.2) is 6.61 Å². The number of hydrogen-bond acceptors (Lipinski definition) is 2. The summed E-state index contributed by atoms with van der Waals surface area (Å²) >= 11 is 0. The standard InChI is InChI=1S/C6H11NO/c1-6(2)8-5-3-4-7/h3-4H,1,5,7H2,2H3. The second kappa shape index (κ2) is 4.24. The number of allylic oxidation sites excluding steroid dienone is 1. The van der Waals surface area contributed by atoms with Gasteiger partial charge in [0.1, 0.15) is 6.61 Å². The second-order valence-electron chi connectivity index (χ2n) is 1.44. The Morgan fingerprint density at radius 3 is 2.88 bits per heavy atom. The minimum Gasteiger partial charge on any atom is -0.495 e. The fraction of sp³-hybridized carbons (Fsp3) is 0.333. The van der Waals surface area contributed by atoms with Gasteiger partial charge < -0.3 is 10.5 Å². The molecule has 0 radical (unpaired) electrons. The van der Waals surface area contributed by atoms with Crippen LogP contribution in [0.15, 0.2) is 24.6 Å². The van der Waals surface area contributed by atoms with E-state index in [-0.39, 0.29) is 0 Å². The topological polar surface area (TPSA) is 35.2 Å². The van der Waals surface area contributed by atoms with E-state index < -0.39 is 0 Å². The van der Waals surface area contributed by atoms with Crippen LogP contribution in [0.5, 0.6) is 0 Å². The van der Waals surface area contributed by atoms with E-state index in [1.165, 1.54) is 6.20 Å². The molecule has 0 atom stereocenters. The smallest absolute Gasteiger partial charge is 0.108 e. The Hall–Kier alpha value is -0.920. The summed E-state index contributed by atoms with van der Waals surface area (Å²) < 4.78 is 4.92. The van der Waals surface area contributed by atoms with Crippen LogP contribution in [-0.2, 0) is 4.74 Å². The lowest BCUT2D eigenvalue weighted by Gasteiger charge is -1.97. The molecule has 0 amide bonds. The zero-order valence-electron chi connectivity index (χ0n) is 5.05. The Morgan fingerprint density at radius 2 is 2.50 bits per heavy atom. The molecule has 8 heavy (non-hydrogen) atoms. The van der Waals surface area contributed by atoms with E-state index in [0.717, 1.165) is 0 Å². The molecule has 0 bridgehead atoms. The summed E-state index contributed by atoms with van der Waals surface area (Å²) in [4.78, 5) is 0. The van der Waals surface area contributed by atoms with Gasteiger partial charge in [-0.15, -0.1) is 0 Å². The van der Waals surface area contributed by atoms with Crippen molar-refractivity contribution < 1.29 is 4.74 Å².